The summed E-state index contributed by atoms with van der Waals surface area (Å²) in [5, 5.41) is 10.8. The average Bonchev–Trinajstić information content (AvgIpc) is 3.26. The largest absolute Gasteiger partial charge is 0.392 e. The third-order valence-corrected chi connectivity index (χ3v) is 6.36. The van der Waals surface area contributed by atoms with Crippen molar-refractivity contribution in [2.45, 2.75) is 31.9 Å². The lowest BCUT2D eigenvalue weighted by Gasteiger charge is -2.13. The van der Waals surface area contributed by atoms with E-state index in [1.165, 1.54) is 24.2 Å². The van der Waals surface area contributed by atoms with Crippen molar-refractivity contribution >= 4 is 37.7 Å². The normalized spacial score (nSPS) is 21.5. The fourth-order valence-electron chi connectivity index (χ4n) is 3.60. The molecule has 2 N–H and O–H groups in total. The van der Waals surface area contributed by atoms with Crippen LogP contribution < -0.4 is 5.56 Å². The summed E-state index contributed by atoms with van der Waals surface area (Å²) < 4.78 is 1.78. The zero-order valence-electron chi connectivity index (χ0n) is 14.4. The third-order valence-electron chi connectivity index (χ3n) is 5.20. The third kappa shape index (κ3) is 3.09. The minimum absolute atomic E-state index is 0.0685. The number of aromatic nitrogens is 2. The van der Waals surface area contributed by atoms with Gasteiger partial charge in [-0.3, -0.25) is 9.69 Å². The molecule has 6 heteroatoms. The Bertz CT molecular complexity index is 1060. The fraction of sp³-hybridized carbons (Fsp3) is 0.400. The highest BCUT2D eigenvalue weighted by molar-refractivity contribution is 7.25. The van der Waals surface area contributed by atoms with Crippen molar-refractivity contribution in [3.8, 4) is 0 Å². The van der Waals surface area contributed by atoms with E-state index >= 15 is 0 Å². The Kier molecular flexibility index (Phi) is 3.92. The maximum Gasteiger partial charge on any atom is 0.268 e. The molecule has 0 radical (unpaired) electrons. The number of aliphatic hydroxyl groups excluding tert-OH is 1. The standard InChI is InChI=1S/C20H21N3O2S/c24-14-7-8-23(10-14)11-17-21-18-15-9-13(4-3-12-1-2-12)5-6-16(15)26-19(18)20(25)22-17/h3-6,9,12,14,24H,1-2,7-8,10-11H2,(H,21,22,25)/b4-3+/t14-/m0/s1. The van der Waals surface area contributed by atoms with E-state index in [1.54, 1.807) is 0 Å². The highest BCUT2D eigenvalue weighted by Gasteiger charge is 2.21. The molecule has 0 amide bonds. The van der Waals surface area contributed by atoms with E-state index in [0.717, 1.165) is 40.0 Å². The van der Waals surface area contributed by atoms with E-state index in [-0.39, 0.29) is 11.7 Å². The fourth-order valence-corrected chi connectivity index (χ4v) is 4.62. The molecule has 2 fully saturated rings. The van der Waals surface area contributed by atoms with Gasteiger partial charge in [0, 0.05) is 23.2 Å². The number of thiophene rings is 1. The van der Waals surface area contributed by atoms with Crippen LogP contribution in [0.2, 0.25) is 0 Å². The first-order chi connectivity index (χ1) is 12.7. The van der Waals surface area contributed by atoms with Crippen LogP contribution in [0.4, 0.5) is 0 Å². The highest BCUT2D eigenvalue weighted by Crippen LogP contribution is 2.33. The van der Waals surface area contributed by atoms with Crippen molar-refractivity contribution < 1.29 is 5.11 Å². The number of rotatable bonds is 4. The summed E-state index contributed by atoms with van der Waals surface area (Å²) in [6.07, 6.45) is 7.57. The number of fused-ring (bicyclic) bond motifs is 3. The first-order valence-electron chi connectivity index (χ1n) is 9.20. The van der Waals surface area contributed by atoms with Crippen molar-refractivity contribution in [3.05, 3.63) is 46.0 Å². The average molecular weight is 367 g/mol. The van der Waals surface area contributed by atoms with Crippen LogP contribution in [-0.4, -0.2) is 39.2 Å². The van der Waals surface area contributed by atoms with Gasteiger partial charge in [0.1, 0.15) is 10.5 Å². The van der Waals surface area contributed by atoms with E-state index in [4.69, 9.17) is 4.98 Å². The lowest BCUT2D eigenvalue weighted by molar-refractivity contribution is 0.174. The number of aliphatic hydroxyl groups is 1. The zero-order valence-corrected chi connectivity index (χ0v) is 15.3. The van der Waals surface area contributed by atoms with E-state index in [9.17, 15) is 9.90 Å². The molecule has 5 rings (SSSR count). The van der Waals surface area contributed by atoms with E-state index < -0.39 is 0 Å². The lowest BCUT2D eigenvalue weighted by Crippen LogP contribution is -2.24. The second-order valence-electron chi connectivity index (χ2n) is 7.42. The molecule has 1 aromatic carbocycles. The molecule has 26 heavy (non-hydrogen) atoms. The first kappa shape index (κ1) is 16.2. The van der Waals surface area contributed by atoms with Crippen LogP contribution in [0.5, 0.6) is 0 Å². The van der Waals surface area contributed by atoms with Gasteiger partial charge in [-0.05, 0) is 42.9 Å². The molecule has 1 aliphatic carbocycles. The van der Waals surface area contributed by atoms with E-state index in [1.807, 2.05) is 0 Å². The Morgan fingerprint density at radius 2 is 2.23 bits per heavy atom. The van der Waals surface area contributed by atoms with Gasteiger partial charge in [-0.1, -0.05) is 18.2 Å². The van der Waals surface area contributed by atoms with Crippen molar-refractivity contribution in [1.82, 2.24) is 14.9 Å². The van der Waals surface area contributed by atoms with Crippen LogP contribution in [0.25, 0.3) is 26.4 Å². The van der Waals surface area contributed by atoms with Gasteiger partial charge in [0.25, 0.3) is 5.56 Å². The van der Waals surface area contributed by atoms with Crippen LogP contribution in [0, 0.1) is 5.92 Å². The number of benzene rings is 1. The number of allylic oxidation sites excluding steroid dienone is 1. The van der Waals surface area contributed by atoms with Gasteiger partial charge < -0.3 is 10.1 Å². The molecule has 1 saturated heterocycles. The van der Waals surface area contributed by atoms with Crippen molar-refractivity contribution in [3.63, 3.8) is 0 Å². The topological polar surface area (TPSA) is 69.2 Å². The number of β-amino-alcohol motifs (C(OH)–C–C–N with tert-alkyl or cyclic N) is 1. The van der Waals surface area contributed by atoms with Gasteiger partial charge in [0.05, 0.1) is 18.2 Å². The van der Waals surface area contributed by atoms with Crippen molar-refractivity contribution in [1.29, 1.82) is 0 Å². The molecule has 134 valence electrons. The number of hydrogen-bond donors (Lipinski definition) is 2. The summed E-state index contributed by atoms with van der Waals surface area (Å²) in [7, 11) is 0. The lowest BCUT2D eigenvalue weighted by atomic mass is 10.1. The Hall–Kier alpha value is -2.02. The van der Waals surface area contributed by atoms with E-state index in [0.29, 0.717) is 23.6 Å². The molecule has 0 bridgehead atoms. The monoisotopic (exact) mass is 367 g/mol. The maximum absolute atomic E-state index is 12.5. The second-order valence-corrected chi connectivity index (χ2v) is 8.47. The van der Waals surface area contributed by atoms with Gasteiger partial charge in [-0.15, -0.1) is 11.3 Å². The van der Waals surface area contributed by atoms with Crippen LogP contribution in [-0.2, 0) is 6.54 Å². The molecule has 1 atom stereocenters. The minimum Gasteiger partial charge on any atom is -0.392 e. The number of H-pyrrole nitrogens is 1. The zero-order chi connectivity index (χ0) is 17.7. The molecule has 0 unspecified atom stereocenters. The Labute approximate surface area is 155 Å². The summed E-state index contributed by atoms with van der Waals surface area (Å²) in [5.74, 6) is 1.42. The highest BCUT2D eigenvalue weighted by atomic mass is 32.1. The number of aromatic amines is 1. The molecule has 3 aromatic rings. The molecular formula is C20H21N3O2S. The molecule has 0 spiro atoms. The van der Waals surface area contributed by atoms with E-state index in [2.05, 4.69) is 40.2 Å². The number of nitrogens with one attached hydrogen (secondary N) is 1. The van der Waals surface area contributed by atoms with Crippen molar-refractivity contribution in [2.24, 2.45) is 5.92 Å². The predicted octanol–water partition coefficient (Wildman–Crippen LogP) is 3.13. The van der Waals surface area contributed by atoms with Crippen molar-refractivity contribution in [2.75, 3.05) is 13.1 Å². The predicted molar refractivity (Wildman–Crippen MR) is 105 cm³/mol. The summed E-state index contributed by atoms with van der Waals surface area (Å²) in [6, 6.07) is 6.34. The number of likely N-dealkylation sites (tertiary alicyclic amines) is 1. The Morgan fingerprint density at radius 1 is 1.35 bits per heavy atom. The smallest absolute Gasteiger partial charge is 0.268 e. The molecule has 1 saturated carbocycles. The molecule has 1 aliphatic heterocycles. The van der Waals surface area contributed by atoms with Gasteiger partial charge in [-0.2, -0.15) is 0 Å². The molecule has 5 nitrogen and oxygen atoms in total. The van der Waals surface area contributed by atoms with Gasteiger partial charge >= 0.3 is 0 Å². The minimum atomic E-state index is -0.270. The molecule has 2 aliphatic rings. The summed E-state index contributed by atoms with van der Waals surface area (Å²) in [6.45, 7) is 2.05. The number of nitrogens with zero attached hydrogens (tertiary/aromatic N) is 2. The molecule has 2 aromatic heterocycles. The summed E-state index contributed by atoms with van der Waals surface area (Å²) in [5.41, 5.74) is 1.89. The van der Waals surface area contributed by atoms with Gasteiger partial charge in [0.15, 0.2) is 0 Å². The van der Waals surface area contributed by atoms with Crippen LogP contribution >= 0.6 is 11.3 Å². The maximum atomic E-state index is 12.5. The van der Waals surface area contributed by atoms with Crippen LogP contribution in [0.3, 0.4) is 0 Å². The molecular weight excluding hydrogens is 346 g/mol. The summed E-state index contributed by atoms with van der Waals surface area (Å²) in [4.78, 5) is 22.4. The second kappa shape index (κ2) is 6.30. The number of hydrogen-bond acceptors (Lipinski definition) is 5. The first-order valence-corrected chi connectivity index (χ1v) is 10.0. The van der Waals surface area contributed by atoms with Crippen LogP contribution in [0.1, 0.15) is 30.7 Å². The van der Waals surface area contributed by atoms with Crippen LogP contribution in [0.15, 0.2) is 29.1 Å². The quantitative estimate of drug-likeness (QED) is 0.743. The molecule has 3 heterocycles. The van der Waals surface area contributed by atoms with Gasteiger partial charge in [0.2, 0.25) is 0 Å². The Morgan fingerprint density at radius 3 is 3.00 bits per heavy atom. The van der Waals surface area contributed by atoms with Gasteiger partial charge in [-0.25, -0.2) is 4.98 Å². The summed E-state index contributed by atoms with van der Waals surface area (Å²) >= 11 is 1.50. The Balaban J connectivity index is 1.55. The SMILES string of the molecule is O=c1[nH]c(CN2CC[C@H](O)C2)nc2c1sc1ccc(/C=C/C3CC3)cc12.